The molecule has 2 heterocycles. The molecule has 2 fully saturated rings. The Hall–Kier alpha value is -1.59. The maximum atomic E-state index is 11.2. The van der Waals surface area contributed by atoms with E-state index in [1.165, 1.54) is 30.5 Å². The summed E-state index contributed by atoms with van der Waals surface area (Å²) in [5.41, 5.74) is 3.20. The first-order chi connectivity index (χ1) is 15.9. The van der Waals surface area contributed by atoms with Gasteiger partial charge in [0.15, 0.2) is 0 Å². The highest BCUT2D eigenvalue weighted by Gasteiger charge is 2.39. The number of rotatable bonds is 5. The quantitative estimate of drug-likeness (QED) is 0.686. The summed E-state index contributed by atoms with van der Waals surface area (Å²) in [6.45, 7) is 4.24. The van der Waals surface area contributed by atoms with Crippen LogP contribution < -0.4 is 4.74 Å². The number of halogens is 1. The summed E-state index contributed by atoms with van der Waals surface area (Å²) in [6.07, 6.45) is 6.43. The molecular formula is C28H37ClN2O2. The summed E-state index contributed by atoms with van der Waals surface area (Å²) in [4.78, 5) is 5.17. The van der Waals surface area contributed by atoms with Crippen LogP contribution >= 0.6 is 11.6 Å². The van der Waals surface area contributed by atoms with Crippen LogP contribution in [0.2, 0.25) is 5.02 Å². The van der Waals surface area contributed by atoms with Gasteiger partial charge in [0.05, 0.1) is 12.7 Å². The van der Waals surface area contributed by atoms with Crippen LogP contribution in [0.3, 0.4) is 0 Å². The van der Waals surface area contributed by atoms with Crippen molar-refractivity contribution >= 4 is 11.6 Å². The van der Waals surface area contributed by atoms with Gasteiger partial charge in [-0.1, -0.05) is 35.9 Å². The van der Waals surface area contributed by atoms with Gasteiger partial charge in [0.2, 0.25) is 0 Å². The molecule has 1 aliphatic carbocycles. The second-order valence-corrected chi connectivity index (χ2v) is 11.0. The Bertz CT molecular complexity index is 955. The molecule has 3 atom stereocenters. The van der Waals surface area contributed by atoms with E-state index >= 15 is 0 Å². The molecule has 4 nitrogen and oxygen atoms in total. The summed E-state index contributed by atoms with van der Waals surface area (Å²) in [5, 5.41) is 11.9. The van der Waals surface area contributed by atoms with Crippen LogP contribution in [0.5, 0.6) is 5.75 Å². The Labute approximate surface area is 203 Å². The number of nitrogens with zero attached hydrogens (tertiary/aromatic N) is 2. The minimum absolute atomic E-state index is 0.658. The molecular weight excluding hydrogens is 432 g/mol. The minimum atomic E-state index is -0.714. The van der Waals surface area contributed by atoms with E-state index < -0.39 is 5.60 Å². The first kappa shape index (κ1) is 23.2. The van der Waals surface area contributed by atoms with Crippen molar-refractivity contribution in [1.29, 1.82) is 0 Å². The predicted molar refractivity (Wildman–Crippen MR) is 134 cm³/mol. The molecule has 0 aromatic heterocycles. The molecule has 2 aromatic rings. The third kappa shape index (κ3) is 4.81. The molecule has 0 bridgehead atoms. The van der Waals surface area contributed by atoms with Crippen molar-refractivity contribution in [3.05, 3.63) is 64.2 Å². The molecule has 0 unspecified atom stereocenters. The Kier molecular flexibility index (Phi) is 6.72. The standard InChI is InChI=1S/C28H37ClN2O2/c1-30-19-20(16-22-17-25-21(18-26(22)30)4-3-5-27(25)33-2)10-13-31-14-11-28(32,12-15-31)23-6-8-24(29)9-7-23/h3-9,20,22,26,32H,10-19H2,1-2H3/t20-,22-,26-/m1/s1. The molecule has 0 saturated carbocycles. The zero-order valence-corrected chi connectivity index (χ0v) is 20.7. The number of fused-ring (bicyclic) bond motifs is 2. The van der Waals surface area contributed by atoms with Gasteiger partial charge in [-0.2, -0.15) is 0 Å². The average Bonchev–Trinajstić information content (AvgIpc) is 2.83. The van der Waals surface area contributed by atoms with E-state index in [0.29, 0.717) is 12.0 Å². The second kappa shape index (κ2) is 9.58. The highest BCUT2D eigenvalue weighted by molar-refractivity contribution is 6.30. The number of methoxy groups -OCH3 is 1. The number of piperidine rings is 2. The molecule has 2 aromatic carbocycles. The number of likely N-dealkylation sites (tertiary alicyclic amines) is 2. The molecule has 1 N–H and O–H groups in total. The van der Waals surface area contributed by atoms with Gasteiger partial charge >= 0.3 is 0 Å². The molecule has 3 aliphatic rings. The lowest BCUT2D eigenvalue weighted by atomic mass is 9.72. The number of hydrogen-bond donors (Lipinski definition) is 1. The zero-order valence-electron chi connectivity index (χ0n) is 20.0. The summed E-state index contributed by atoms with van der Waals surface area (Å²) in [7, 11) is 4.12. The number of benzene rings is 2. The SMILES string of the molecule is COc1cccc2c1C[C@H]1C[C@@H](CCN3CCC(O)(c4ccc(Cl)cc4)CC3)CN(C)[C@@H]1C2. The van der Waals surface area contributed by atoms with Crippen molar-refractivity contribution in [1.82, 2.24) is 9.80 Å². The molecule has 5 heteroatoms. The summed E-state index contributed by atoms with van der Waals surface area (Å²) >= 11 is 6.03. The maximum Gasteiger partial charge on any atom is 0.122 e. The Morgan fingerprint density at radius 2 is 1.85 bits per heavy atom. The third-order valence-corrected chi connectivity index (χ3v) is 8.81. The van der Waals surface area contributed by atoms with Crippen molar-refractivity contribution in [2.24, 2.45) is 11.8 Å². The molecule has 178 valence electrons. The Balaban J connectivity index is 1.15. The summed E-state index contributed by atoms with van der Waals surface area (Å²) < 4.78 is 5.68. The normalized spacial score (nSPS) is 27.6. The molecule has 0 spiro atoms. The van der Waals surface area contributed by atoms with Gasteiger partial charge in [0.25, 0.3) is 0 Å². The number of likely N-dealkylation sites (N-methyl/N-ethyl adjacent to an activating group) is 1. The molecule has 2 aliphatic heterocycles. The van der Waals surface area contributed by atoms with Crippen LogP contribution in [0, 0.1) is 11.8 Å². The van der Waals surface area contributed by atoms with Gasteiger partial charge in [-0.3, -0.25) is 0 Å². The van der Waals surface area contributed by atoms with E-state index in [0.717, 1.165) is 67.6 Å². The van der Waals surface area contributed by atoms with E-state index in [2.05, 4.69) is 35.0 Å². The van der Waals surface area contributed by atoms with Gasteiger partial charge in [-0.25, -0.2) is 0 Å². The van der Waals surface area contributed by atoms with Gasteiger partial charge in [0, 0.05) is 30.7 Å². The Morgan fingerprint density at radius 3 is 2.58 bits per heavy atom. The van der Waals surface area contributed by atoms with E-state index in [-0.39, 0.29) is 0 Å². The first-order valence-electron chi connectivity index (χ1n) is 12.5. The maximum absolute atomic E-state index is 11.2. The highest BCUT2D eigenvalue weighted by Crippen LogP contribution is 2.40. The van der Waals surface area contributed by atoms with Gasteiger partial charge in [0.1, 0.15) is 5.75 Å². The predicted octanol–water partition coefficient (Wildman–Crippen LogP) is 4.76. The number of hydrogen-bond acceptors (Lipinski definition) is 4. The van der Waals surface area contributed by atoms with Crippen LogP contribution in [0.25, 0.3) is 0 Å². The summed E-state index contributed by atoms with van der Waals surface area (Å²) in [5.74, 6) is 2.52. The fourth-order valence-electron chi connectivity index (χ4n) is 6.59. The van der Waals surface area contributed by atoms with Crippen molar-refractivity contribution in [3.8, 4) is 5.75 Å². The van der Waals surface area contributed by atoms with Crippen molar-refractivity contribution in [3.63, 3.8) is 0 Å². The largest absolute Gasteiger partial charge is 0.496 e. The lowest BCUT2D eigenvalue weighted by Gasteiger charge is -2.47. The van der Waals surface area contributed by atoms with Crippen molar-refractivity contribution < 1.29 is 9.84 Å². The van der Waals surface area contributed by atoms with E-state index in [4.69, 9.17) is 16.3 Å². The lowest BCUT2D eigenvalue weighted by Crippen LogP contribution is -2.51. The number of aliphatic hydroxyl groups is 1. The molecule has 5 rings (SSSR count). The molecule has 2 saturated heterocycles. The van der Waals surface area contributed by atoms with E-state index in [1.54, 1.807) is 7.11 Å². The van der Waals surface area contributed by atoms with Crippen LogP contribution in [0.15, 0.2) is 42.5 Å². The van der Waals surface area contributed by atoms with E-state index in [1.807, 2.05) is 24.3 Å². The fourth-order valence-corrected chi connectivity index (χ4v) is 6.71. The first-order valence-corrected chi connectivity index (χ1v) is 12.9. The molecule has 0 radical (unpaired) electrons. The zero-order chi connectivity index (χ0) is 23.0. The molecule has 0 amide bonds. The Morgan fingerprint density at radius 1 is 1.09 bits per heavy atom. The summed E-state index contributed by atoms with van der Waals surface area (Å²) in [6, 6.07) is 14.9. The topological polar surface area (TPSA) is 35.9 Å². The van der Waals surface area contributed by atoms with Gasteiger partial charge < -0.3 is 19.6 Å². The van der Waals surface area contributed by atoms with Crippen molar-refractivity contribution in [2.45, 2.75) is 50.2 Å². The number of ether oxygens (including phenoxy) is 1. The van der Waals surface area contributed by atoms with Crippen LogP contribution in [-0.4, -0.2) is 61.3 Å². The molecule has 33 heavy (non-hydrogen) atoms. The van der Waals surface area contributed by atoms with Crippen molar-refractivity contribution in [2.75, 3.05) is 40.3 Å². The average molecular weight is 469 g/mol. The van der Waals surface area contributed by atoms with Crippen LogP contribution in [0.4, 0.5) is 0 Å². The highest BCUT2D eigenvalue weighted by atomic mass is 35.5. The van der Waals surface area contributed by atoms with Gasteiger partial charge in [-0.05, 0) is 98.8 Å². The second-order valence-electron chi connectivity index (χ2n) is 10.5. The van der Waals surface area contributed by atoms with Crippen LogP contribution in [-0.2, 0) is 18.4 Å². The third-order valence-electron chi connectivity index (χ3n) is 8.56. The minimum Gasteiger partial charge on any atom is -0.496 e. The monoisotopic (exact) mass is 468 g/mol. The lowest BCUT2D eigenvalue weighted by molar-refractivity contribution is -0.0282. The van der Waals surface area contributed by atoms with Gasteiger partial charge in [-0.15, -0.1) is 0 Å². The van der Waals surface area contributed by atoms with Crippen LogP contribution in [0.1, 0.15) is 42.4 Å². The van der Waals surface area contributed by atoms with E-state index in [9.17, 15) is 5.11 Å². The smallest absolute Gasteiger partial charge is 0.122 e. The fraction of sp³-hybridized carbons (Fsp3) is 0.571.